The molecule has 1 atom stereocenters. The monoisotopic (exact) mass is 314 g/mol. The second-order valence-corrected chi connectivity index (χ2v) is 5.27. The summed E-state index contributed by atoms with van der Waals surface area (Å²) in [7, 11) is 0. The van der Waals surface area contributed by atoms with E-state index >= 15 is 0 Å². The Balaban J connectivity index is 1.70. The van der Waals surface area contributed by atoms with Crippen LogP contribution in [0.25, 0.3) is 0 Å². The van der Waals surface area contributed by atoms with E-state index in [1.807, 2.05) is 19.1 Å². The van der Waals surface area contributed by atoms with Gasteiger partial charge in [0.2, 0.25) is 5.88 Å². The highest BCUT2D eigenvalue weighted by Gasteiger charge is 2.25. The van der Waals surface area contributed by atoms with Crippen LogP contribution < -0.4 is 4.74 Å². The van der Waals surface area contributed by atoms with Gasteiger partial charge in [0, 0.05) is 30.7 Å². The number of amides is 1. The summed E-state index contributed by atoms with van der Waals surface area (Å²) in [5.74, 6) is 0.363. The van der Waals surface area contributed by atoms with Gasteiger partial charge in [-0.05, 0) is 13.0 Å². The molecule has 1 fully saturated rings. The van der Waals surface area contributed by atoms with E-state index in [-0.39, 0.29) is 12.0 Å². The van der Waals surface area contributed by atoms with Crippen molar-refractivity contribution in [2.45, 2.75) is 13.0 Å². The lowest BCUT2D eigenvalue weighted by Gasteiger charge is -2.23. The molecule has 1 amide bonds. The first kappa shape index (κ1) is 15.4. The lowest BCUT2D eigenvalue weighted by Crippen LogP contribution is -2.40. The van der Waals surface area contributed by atoms with Crippen molar-refractivity contribution in [1.29, 1.82) is 0 Å². The molecule has 0 aromatic carbocycles. The summed E-state index contributed by atoms with van der Waals surface area (Å²) in [4.78, 5) is 26.5. The zero-order chi connectivity index (χ0) is 16.1. The van der Waals surface area contributed by atoms with Gasteiger partial charge in [-0.25, -0.2) is 9.97 Å². The van der Waals surface area contributed by atoms with E-state index in [1.54, 1.807) is 11.0 Å². The first-order valence-electron chi connectivity index (χ1n) is 7.46. The van der Waals surface area contributed by atoms with Gasteiger partial charge in [0.1, 0.15) is 11.8 Å². The molecule has 1 saturated heterocycles. The van der Waals surface area contributed by atoms with Crippen molar-refractivity contribution in [2.24, 2.45) is 0 Å². The summed E-state index contributed by atoms with van der Waals surface area (Å²) in [6.07, 6.45) is 4.24. The van der Waals surface area contributed by atoms with E-state index in [9.17, 15) is 4.79 Å². The predicted octanol–water partition coefficient (Wildman–Crippen LogP) is 1.10. The largest absolute Gasteiger partial charge is 0.470 e. The van der Waals surface area contributed by atoms with Crippen molar-refractivity contribution in [3.63, 3.8) is 0 Å². The van der Waals surface area contributed by atoms with Crippen molar-refractivity contribution in [3.05, 3.63) is 48.2 Å². The highest BCUT2D eigenvalue weighted by atomic mass is 16.5. The Morgan fingerprint density at radius 2 is 2.30 bits per heavy atom. The molecule has 0 spiro atoms. The summed E-state index contributed by atoms with van der Waals surface area (Å²) in [5.41, 5.74) is 1.20. The number of carbonyl (C=O) groups excluding carboxylic acids is 1. The van der Waals surface area contributed by atoms with Gasteiger partial charge in [-0.2, -0.15) is 0 Å². The third-order valence-corrected chi connectivity index (χ3v) is 3.45. The minimum Gasteiger partial charge on any atom is -0.470 e. The van der Waals surface area contributed by atoms with Crippen molar-refractivity contribution in [3.8, 4) is 5.88 Å². The molecule has 0 bridgehead atoms. The van der Waals surface area contributed by atoms with E-state index in [4.69, 9.17) is 9.47 Å². The summed E-state index contributed by atoms with van der Waals surface area (Å²) in [5, 5.41) is 0. The molecule has 1 unspecified atom stereocenters. The molecule has 1 aliphatic rings. The van der Waals surface area contributed by atoms with E-state index < -0.39 is 0 Å². The van der Waals surface area contributed by atoms with E-state index in [1.165, 1.54) is 18.6 Å². The van der Waals surface area contributed by atoms with E-state index in [0.717, 1.165) is 5.69 Å². The van der Waals surface area contributed by atoms with Gasteiger partial charge in [0.15, 0.2) is 0 Å². The Labute approximate surface area is 134 Å². The number of rotatable bonds is 3. The Morgan fingerprint density at radius 3 is 3.09 bits per heavy atom. The Hall–Kier alpha value is -2.54. The number of hydrogen-bond donors (Lipinski definition) is 0. The quantitative estimate of drug-likeness (QED) is 0.844. The molecule has 2 aromatic heterocycles. The smallest absolute Gasteiger partial charge is 0.274 e. The molecule has 7 heteroatoms. The van der Waals surface area contributed by atoms with Gasteiger partial charge in [-0.1, -0.05) is 6.07 Å². The number of carbonyl (C=O) groups is 1. The van der Waals surface area contributed by atoms with Crippen LogP contribution >= 0.6 is 0 Å². The van der Waals surface area contributed by atoms with Crippen molar-refractivity contribution >= 4 is 5.91 Å². The van der Waals surface area contributed by atoms with Crippen LogP contribution in [0.2, 0.25) is 0 Å². The summed E-state index contributed by atoms with van der Waals surface area (Å²) < 4.78 is 11.4. The maximum atomic E-state index is 12.5. The fraction of sp³-hybridized carbons (Fsp3) is 0.375. The molecule has 0 aliphatic carbocycles. The normalized spacial score (nSPS) is 18.3. The molecule has 7 nitrogen and oxygen atoms in total. The standard InChI is InChI=1S/C16H18N4O3/c1-12-3-2-4-15(19-12)23-13-10-20(7-8-22-11-13)16(21)14-9-17-5-6-18-14/h2-6,9,13H,7-8,10-11H2,1H3. The van der Waals surface area contributed by atoms with Gasteiger partial charge in [-0.3, -0.25) is 9.78 Å². The second kappa shape index (κ2) is 7.15. The highest BCUT2D eigenvalue weighted by molar-refractivity contribution is 5.92. The molecular formula is C16H18N4O3. The number of aromatic nitrogens is 3. The number of pyridine rings is 1. The fourth-order valence-corrected chi connectivity index (χ4v) is 2.36. The lowest BCUT2D eigenvalue weighted by molar-refractivity contribution is 0.0630. The highest BCUT2D eigenvalue weighted by Crippen LogP contribution is 2.13. The van der Waals surface area contributed by atoms with Crippen molar-refractivity contribution in [1.82, 2.24) is 19.9 Å². The van der Waals surface area contributed by atoms with Crippen LogP contribution in [0.1, 0.15) is 16.2 Å². The average Bonchev–Trinajstić information content (AvgIpc) is 2.80. The van der Waals surface area contributed by atoms with E-state index in [2.05, 4.69) is 15.0 Å². The van der Waals surface area contributed by atoms with Crippen molar-refractivity contribution < 1.29 is 14.3 Å². The number of aryl methyl sites for hydroxylation is 1. The predicted molar refractivity (Wildman–Crippen MR) is 82.1 cm³/mol. The maximum Gasteiger partial charge on any atom is 0.274 e. The van der Waals surface area contributed by atoms with Crippen LogP contribution in [-0.4, -0.2) is 58.2 Å². The minimum absolute atomic E-state index is 0.172. The van der Waals surface area contributed by atoms with Gasteiger partial charge in [0.25, 0.3) is 5.91 Å². The Kier molecular flexibility index (Phi) is 4.77. The van der Waals surface area contributed by atoms with Gasteiger partial charge in [0.05, 0.1) is 26.0 Å². The fourth-order valence-electron chi connectivity index (χ4n) is 2.36. The average molecular weight is 314 g/mol. The number of hydrogen-bond acceptors (Lipinski definition) is 6. The molecule has 3 heterocycles. The summed E-state index contributed by atoms with van der Waals surface area (Å²) >= 11 is 0. The van der Waals surface area contributed by atoms with E-state index in [0.29, 0.717) is 37.9 Å². The molecule has 2 aromatic rings. The van der Waals surface area contributed by atoms with Gasteiger partial charge < -0.3 is 14.4 Å². The van der Waals surface area contributed by atoms with Crippen LogP contribution in [0.4, 0.5) is 0 Å². The SMILES string of the molecule is Cc1cccc(OC2COCCN(C(=O)c3cnccn3)C2)n1. The Morgan fingerprint density at radius 1 is 1.39 bits per heavy atom. The molecule has 0 saturated carbocycles. The van der Waals surface area contributed by atoms with Gasteiger partial charge in [-0.15, -0.1) is 0 Å². The molecule has 3 rings (SSSR count). The molecule has 120 valence electrons. The Bertz CT molecular complexity index is 665. The zero-order valence-corrected chi connectivity index (χ0v) is 12.9. The first-order valence-corrected chi connectivity index (χ1v) is 7.46. The molecule has 0 radical (unpaired) electrons. The third-order valence-electron chi connectivity index (χ3n) is 3.45. The number of nitrogens with zero attached hydrogens (tertiary/aromatic N) is 4. The first-order chi connectivity index (χ1) is 11.2. The minimum atomic E-state index is -0.271. The van der Waals surface area contributed by atoms with Crippen LogP contribution in [0.3, 0.4) is 0 Å². The third kappa shape index (κ3) is 4.01. The van der Waals surface area contributed by atoms with Crippen LogP contribution in [0.15, 0.2) is 36.8 Å². The van der Waals surface area contributed by atoms with Crippen LogP contribution in [0.5, 0.6) is 5.88 Å². The maximum absolute atomic E-state index is 12.5. The molecule has 0 N–H and O–H groups in total. The summed E-state index contributed by atoms with van der Waals surface area (Å²) in [6.45, 7) is 3.70. The molecule has 23 heavy (non-hydrogen) atoms. The molecular weight excluding hydrogens is 296 g/mol. The van der Waals surface area contributed by atoms with Gasteiger partial charge >= 0.3 is 0 Å². The zero-order valence-electron chi connectivity index (χ0n) is 12.9. The number of ether oxygens (including phenoxy) is 2. The summed E-state index contributed by atoms with van der Waals surface area (Å²) in [6, 6.07) is 5.59. The molecule has 1 aliphatic heterocycles. The second-order valence-electron chi connectivity index (χ2n) is 5.27. The van der Waals surface area contributed by atoms with Crippen molar-refractivity contribution in [2.75, 3.05) is 26.3 Å². The van der Waals surface area contributed by atoms with Crippen LogP contribution in [-0.2, 0) is 4.74 Å². The topological polar surface area (TPSA) is 77.4 Å². The van der Waals surface area contributed by atoms with Crippen LogP contribution in [0, 0.1) is 6.92 Å². The lowest BCUT2D eigenvalue weighted by atomic mass is 10.3.